The maximum absolute atomic E-state index is 14.0. The van der Waals surface area contributed by atoms with Crippen molar-refractivity contribution in [3.63, 3.8) is 0 Å². The molecular weight excluding hydrogens is 718 g/mol. The standard InChI is InChI=1S/C35H34Cl4N2O8/c1-21-13-40(35(43)41(33(21)42)20-45-14-22-5-3-2-4-6-22)34-32(48-18-27-17-46-27)31(47-16-24-8-10-26(37)12-29(24)39)30(49-34)19-44-15-23-7-9-25(36)11-28(23)38/h2-13,27,30-32,34H,14-20H2,1H3/t27-,30-,31-,32-,34-/m1/s1. The van der Waals surface area contributed by atoms with Gasteiger partial charge in [-0.25, -0.2) is 9.36 Å². The highest BCUT2D eigenvalue weighted by Crippen LogP contribution is 2.35. The summed E-state index contributed by atoms with van der Waals surface area (Å²) in [5.74, 6) is 0. The van der Waals surface area contributed by atoms with E-state index in [4.69, 9.17) is 74.8 Å². The Morgan fingerprint density at radius 1 is 0.796 bits per heavy atom. The molecule has 2 aliphatic rings. The molecule has 0 bridgehead atoms. The summed E-state index contributed by atoms with van der Waals surface area (Å²) in [4.78, 5) is 27.1. The lowest BCUT2D eigenvalue weighted by Gasteiger charge is -2.26. The largest absolute Gasteiger partial charge is 0.374 e. The Balaban J connectivity index is 1.28. The van der Waals surface area contributed by atoms with Gasteiger partial charge in [-0.2, -0.15) is 0 Å². The van der Waals surface area contributed by atoms with Crippen molar-refractivity contribution in [1.29, 1.82) is 0 Å². The molecule has 0 spiro atoms. The van der Waals surface area contributed by atoms with Gasteiger partial charge in [0.1, 0.15) is 31.1 Å². The third-order valence-electron chi connectivity index (χ3n) is 8.14. The van der Waals surface area contributed by atoms with E-state index in [2.05, 4.69) is 0 Å². The van der Waals surface area contributed by atoms with Gasteiger partial charge in [0.2, 0.25) is 0 Å². The van der Waals surface area contributed by atoms with Gasteiger partial charge in [0.15, 0.2) is 6.23 Å². The van der Waals surface area contributed by atoms with Crippen molar-refractivity contribution in [2.45, 2.75) is 64.1 Å². The number of ether oxygens (including phenoxy) is 6. The van der Waals surface area contributed by atoms with E-state index in [9.17, 15) is 9.59 Å². The lowest BCUT2D eigenvalue weighted by Crippen LogP contribution is -2.45. The maximum Gasteiger partial charge on any atom is 0.335 e. The van der Waals surface area contributed by atoms with E-state index in [1.807, 2.05) is 30.3 Å². The minimum Gasteiger partial charge on any atom is -0.374 e. The second-order valence-corrected chi connectivity index (χ2v) is 13.5. The number of benzene rings is 3. The molecule has 260 valence electrons. The minimum atomic E-state index is -0.996. The Hall–Kier alpha value is -2.74. The summed E-state index contributed by atoms with van der Waals surface area (Å²) in [7, 11) is 0. The highest BCUT2D eigenvalue weighted by Gasteiger charge is 2.49. The molecule has 6 rings (SSSR count). The van der Waals surface area contributed by atoms with E-state index in [0.29, 0.717) is 37.8 Å². The number of hydrogen-bond donors (Lipinski definition) is 0. The first kappa shape index (κ1) is 36.1. The molecular formula is C35H34Cl4N2O8. The third kappa shape index (κ3) is 9.14. The first-order chi connectivity index (χ1) is 23.7. The predicted molar refractivity (Wildman–Crippen MR) is 185 cm³/mol. The number of halogens is 4. The number of aryl methyl sites for hydroxylation is 1. The van der Waals surface area contributed by atoms with Gasteiger partial charge < -0.3 is 28.4 Å². The zero-order chi connectivity index (χ0) is 34.5. The summed E-state index contributed by atoms with van der Waals surface area (Å²) in [5.41, 5.74) is 1.56. The number of hydrogen-bond acceptors (Lipinski definition) is 8. The number of epoxide rings is 1. The summed E-state index contributed by atoms with van der Waals surface area (Å²) in [6, 6.07) is 19.8. The summed E-state index contributed by atoms with van der Waals surface area (Å²) in [6.07, 6.45) is -1.88. The highest BCUT2D eigenvalue weighted by atomic mass is 35.5. The fourth-order valence-corrected chi connectivity index (χ4v) is 6.39. The summed E-state index contributed by atoms with van der Waals surface area (Å²) < 4.78 is 39.1. The van der Waals surface area contributed by atoms with Gasteiger partial charge in [0.25, 0.3) is 5.56 Å². The molecule has 0 amide bonds. The predicted octanol–water partition coefficient (Wildman–Crippen LogP) is 6.59. The fraction of sp³-hybridized carbons (Fsp3) is 0.371. The van der Waals surface area contributed by atoms with Crippen LogP contribution in [0.2, 0.25) is 20.1 Å². The number of rotatable bonds is 15. The molecule has 3 aromatic carbocycles. The van der Waals surface area contributed by atoms with Crippen LogP contribution in [0.1, 0.15) is 28.5 Å². The summed E-state index contributed by atoms with van der Waals surface area (Å²) in [6.45, 7) is 2.70. The van der Waals surface area contributed by atoms with Gasteiger partial charge in [-0.3, -0.25) is 9.36 Å². The summed E-state index contributed by atoms with van der Waals surface area (Å²) >= 11 is 25.0. The smallest absolute Gasteiger partial charge is 0.335 e. The van der Waals surface area contributed by atoms with Crippen molar-refractivity contribution in [3.8, 4) is 0 Å². The normalized spacial score (nSPS) is 21.7. The Labute approximate surface area is 302 Å². The monoisotopic (exact) mass is 750 g/mol. The summed E-state index contributed by atoms with van der Waals surface area (Å²) in [5, 5.41) is 1.91. The Kier molecular flexibility index (Phi) is 12.2. The minimum absolute atomic E-state index is 0.0574. The van der Waals surface area contributed by atoms with E-state index in [0.717, 1.165) is 15.7 Å². The zero-order valence-corrected chi connectivity index (χ0v) is 29.5. The molecule has 10 nitrogen and oxygen atoms in total. The van der Waals surface area contributed by atoms with Gasteiger partial charge >= 0.3 is 5.69 Å². The molecule has 49 heavy (non-hydrogen) atoms. The molecule has 3 heterocycles. The molecule has 0 aliphatic carbocycles. The van der Waals surface area contributed by atoms with Crippen molar-refractivity contribution in [2.75, 3.05) is 19.8 Å². The molecule has 14 heteroatoms. The zero-order valence-electron chi connectivity index (χ0n) is 26.4. The van der Waals surface area contributed by atoms with Crippen molar-refractivity contribution >= 4 is 46.4 Å². The Morgan fingerprint density at radius 2 is 1.47 bits per heavy atom. The van der Waals surface area contributed by atoms with Crippen LogP contribution in [-0.2, 0) is 55.0 Å². The molecule has 1 aromatic heterocycles. The number of nitrogens with zero attached hydrogens (tertiary/aromatic N) is 2. The van der Waals surface area contributed by atoms with Crippen LogP contribution in [0.25, 0.3) is 0 Å². The number of aromatic nitrogens is 2. The molecule has 0 saturated carbocycles. The van der Waals surface area contributed by atoms with E-state index >= 15 is 0 Å². The van der Waals surface area contributed by atoms with Crippen LogP contribution in [0, 0.1) is 6.92 Å². The highest BCUT2D eigenvalue weighted by molar-refractivity contribution is 6.35. The molecule has 5 atom stereocenters. The van der Waals surface area contributed by atoms with Crippen molar-refractivity contribution in [2.24, 2.45) is 0 Å². The van der Waals surface area contributed by atoms with Crippen LogP contribution in [0.3, 0.4) is 0 Å². The topological polar surface area (TPSA) is 103 Å². The van der Waals surface area contributed by atoms with E-state index in [1.54, 1.807) is 43.3 Å². The van der Waals surface area contributed by atoms with Gasteiger partial charge in [-0.05, 0) is 47.9 Å². The van der Waals surface area contributed by atoms with Crippen LogP contribution in [0.15, 0.2) is 82.5 Å². The SMILES string of the molecule is Cc1cn([C@@H]2O[C@H](COCc3ccc(Cl)cc3Cl)[C@@H](OCc3ccc(Cl)cc3Cl)[C@H]2OC[C@H]2CO2)c(=O)n(COCc2ccccc2)c1=O. The average molecular weight is 752 g/mol. The van der Waals surface area contributed by atoms with Crippen molar-refractivity contribution in [1.82, 2.24) is 9.13 Å². The lowest BCUT2D eigenvalue weighted by molar-refractivity contribution is -0.0890. The second-order valence-electron chi connectivity index (χ2n) is 11.8. The van der Waals surface area contributed by atoms with E-state index < -0.39 is 35.8 Å². The molecule has 0 radical (unpaired) electrons. The van der Waals surface area contributed by atoms with Crippen molar-refractivity contribution in [3.05, 3.63) is 136 Å². The molecule has 4 aromatic rings. The van der Waals surface area contributed by atoms with E-state index in [-0.39, 0.29) is 45.9 Å². The van der Waals surface area contributed by atoms with Crippen LogP contribution < -0.4 is 11.2 Å². The Bertz CT molecular complexity index is 1870. The lowest BCUT2D eigenvalue weighted by atomic mass is 10.1. The van der Waals surface area contributed by atoms with Gasteiger partial charge in [0.05, 0.1) is 39.6 Å². The van der Waals surface area contributed by atoms with Crippen LogP contribution >= 0.6 is 46.4 Å². The van der Waals surface area contributed by atoms with Gasteiger partial charge in [-0.1, -0.05) is 88.9 Å². The van der Waals surface area contributed by atoms with Crippen molar-refractivity contribution < 1.29 is 28.4 Å². The van der Waals surface area contributed by atoms with E-state index in [1.165, 1.54) is 10.8 Å². The third-order valence-corrected chi connectivity index (χ3v) is 9.31. The molecule has 2 saturated heterocycles. The molecule has 2 aliphatic heterocycles. The first-order valence-corrected chi connectivity index (χ1v) is 17.1. The van der Waals surface area contributed by atoms with Gasteiger partial charge in [0, 0.05) is 31.9 Å². The maximum atomic E-state index is 14.0. The molecule has 0 N–H and O–H groups in total. The Morgan fingerprint density at radius 3 is 2.12 bits per heavy atom. The molecule has 0 unspecified atom stereocenters. The fourth-order valence-electron chi connectivity index (χ4n) is 5.46. The van der Waals surface area contributed by atoms with Crippen LogP contribution in [0.4, 0.5) is 0 Å². The van der Waals surface area contributed by atoms with Gasteiger partial charge in [-0.15, -0.1) is 0 Å². The average Bonchev–Trinajstić information content (AvgIpc) is 3.85. The van der Waals surface area contributed by atoms with Crippen LogP contribution in [-0.4, -0.2) is 53.4 Å². The quantitative estimate of drug-likeness (QED) is 0.126. The first-order valence-electron chi connectivity index (χ1n) is 15.6. The second kappa shape index (κ2) is 16.5. The van der Waals surface area contributed by atoms with Crippen LogP contribution in [0.5, 0.6) is 0 Å². The molecule has 2 fully saturated rings.